The van der Waals surface area contributed by atoms with Crippen molar-refractivity contribution in [3.63, 3.8) is 0 Å². The van der Waals surface area contributed by atoms with Crippen LogP contribution < -0.4 is 5.32 Å². The van der Waals surface area contributed by atoms with E-state index in [0.29, 0.717) is 0 Å². The molecule has 0 unspecified atom stereocenters. The summed E-state index contributed by atoms with van der Waals surface area (Å²) in [6.07, 6.45) is 5.08. The van der Waals surface area contributed by atoms with Gasteiger partial charge in [-0.2, -0.15) is 0 Å². The van der Waals surface area contributed by atoms with Crippen molar-refractivity contribution in [2.24, 2.45) is 0 Å². The standard InChI is InChI=1S/C14H20N4O/c1-10(13(19)18-6-3-7-18)17-12-8-11(15-9-16-12)14(2)4-5-14/h8-10H,3-7H2,1-2H3,(H,15,16,17)/t10-/m1/s1. The predicted octanol–water partition coefficient (Wildman–Crippen LogP) is 1.56. The minimum Gasteiger partial charge on any atom is -0.359 e. The molecule has 0 radical (unpaired) electrons. The maximum absolute atomic E-state index is 12.0. The molecule has 3 rings (SSSR count). The second-order valence-electron chi connectivity index (χ2n) is 5.89. The first-order valence-electron chi connectivity index (χ1n) is 6.96. The Morgan fingerprint density at radius 2 is 2.16 bits per heavy atom. The molecule has 1 aromatic heterocycles. The number of hydrogen-bond donors (Lipinski definition) is 1. The molecule has 5 nitrogen and oxygen atoms in total. The van der Waals surface area contributed by atoms with Gasteiger partial charge in [-0.1, -0.05) is 6.92 Å². The van der Waals surface area contributed by atoms with Gasteiger partial charge in [-0.3, -0.25) is 4.79 Å². The van der Waals surface area contributed by atoms with Crippen molar-refractivity contribution in [1.29, 1.82) is 0 Å². The van der Waals surface area contributed by atoms with Crippen LogP contribution in [0, 0.1) is 0 Å². The van der Waals surface area contributed by atoms with Crippen molar-refractivity contribution in [3.05, 3.63) is 18.1 Å². The number of rotatable bonds is 4. The first-order chi connectivity index (χ1) is 9.08. The zero-order valence-electron chi connectivity index (χ0n) is 11.5. The molecule has 2 aliphatic rings. The van der Waals surface area contributed by atoms with Gasteiger partial charge in [0.15, 0.2) is 0 Å². The minimum atomic E-state index is -0.227. The van der Waals surface area contributed by atoms with E-state index in [-0.39, 0.29) is 17.4 Å². The van der Waals surface area contributed by atoms with Gasteiger partial charge in [-0.15, -0.1) is 0 Å². The fourth-order valence-corrected chi connectivity index (χ4v) is 2.30. The summed E-state index contributed by atoms with van der Waals surface area (Å²) in [7, 11) is 0. The summed E-state index contributed by atoms with van der Waals surface area (Å²) < 4.78 is 0. The SMILES string of the molecule is C[C@@H](Nc1cc(C2(C)CC2)ncn1)C(=O)N1CCC1. The lowest BCUT2D eigenvalue weighted by Gasteiger charge is -2.33. The van der Waals surface area contributed by atoms with Crippen LogP contribution in [-0.2, 0) is 10.2 Å². The maximum Gasteiger partial charge on any atom is 0.244 e. The normalized spacial score (nSPS) is 21.5. The Kier molecular flexibility index (Phi) is 2.92. The lowest BCUT2D eigenvalue weighted by molar-refractivity contribution is -0.135. The van der Waals surface area contributed by atoms with E-state index in [4.69, 9.17) is 0 Å². The van der Waals surface area contributed by atoms with Crippen molar-refractivity contribution < 1.29 is 4.79 Å². The van der Waals surface area contributed by atoms with Gasteiger partial charge in [0.2, 0.25) is 5.91 Å². The Morgan fingerprint density at radius 3 is 2.74 bits per heavy atom. The average Bonchev–Trinajstić information content (AvgIpc) is 3.07. The molecule has 0 bridgehead atoms. The summed E-state index contributed by atoms with van der Waals surface area (Å²) in [6.45, 7) is 5.88. The van der Waals surface area contributed by atoms with Gasteiger partial charge in [0.25, 0.3) is 0 Å². The first kappa shape index (κ1) is 12.4. The molecule has 2 fully saturated rings. The highest BCUT2D eigenvalue weighted by Crippen LogP contribution is 2.46. The molecule has 1 saturated heterocycles. The Hall–Kier alpha value is -1.65. The topological polar surface area (TPSA) is 58.1 Å². The number of hydrogen-bond acceptors (Lipinski definition) is 4. The third-order valence-corrected chi connectivity index (χ3v) is 4.19. The zero-order valence-corrected chi connectivity index (χ0v) is 11.5. The molecule has 1 aromatic rings. The average molecular weight is 260 g/mol. The van der Waals surface area contributed by atoms with Gasteiger partial charge in [0.05, 0.1) is 5.69 Å². The zero-order chi connectivity index (χ0) is 13.5. The van der Waals surface area contributed by atoms with Gasteiger partial charge in [-0.25, -0.2) is 9.97 Å². The van der Waals surface area contributed by atoms with Gasteiger partial charge in [-0.05, 0) is 26.2 Å². The lowest BCUT2D eigenvalue weighted by Crippen LogP contribution is -2.48. The highest BCUT2D eigenvalue weighted by molar-refractivity contribution is 5.84. The number of amides is 1. The van der Waals surface area contributed by atoms with E-state index >= 15 is 0 Å². The predicted molar refractivity (Wildman–Crippen MR) is 72.9 cm³/mol. The maximum atomic E-state index is 12.0. The van der Waals surface area contributed by atoms with E-state index in [1.807, 2.05) is 17.9 Å². The molecule has 1 amide bonds. The quantitative estimate of drug-likeness (QED) is 0.892. The second-order valence-corrected chi connectivity index (χ2v) is 5.89. The molecular formula is C14H20N4O. The Bertz CT molecular complexity index is 494. The van der Waals surface area contributed by atoms with Crippen molar-refractivity contribution in [3.8, 4) is 0 Å². The molecule has 1 saturated carbocycles. The number of carbonyl (C=O) groups excluding carboxylic acids is 1. The van der Waals surface area contributed by atoms with E-state index in [2.05, 4.69) is 22.2 Å². The smallest absolute Gasteiger partial charge is 0.244 e. The Labute approximate surface area is 113 Å². The monoisotopic (exact) mass is 260 g/mol. The van der Waals surface area contributed by atoms with Gasteiger partial charge in [0, 0.05) is 24.6 Å². The Balaban J connectivity index is 1.67. The van der Waals surface area contributed by atoms with Crippen molar-refractivity contribution in [2.45, 2.75) is 44.6 Å². The number of likely N-dealkylation sites (tertiary alicyclic amines) is 1. The van der Waals surface area contributed by atoms with Crippen LogP contribution in [-0.4, -0.2) is 39.9 Å². The summed E-state index contributed by atoms with van der Waals surface area (Å²) in [5.74, 6) is 0.906. The number of aromatic nitrogens is 2. The van der Waals surface area contributed by atoms with Gasteiger partial charge in [0.1, 0.15) is 18.2 Å². The minimum absolute atomic E-state index is 0.157. The third-order valence-electron chi connectivity index (χ3n) is 4.19. The molecule has 0 spiro atoms. The third kappa shape index (κ3) is 2.41. The van der Waals surface area contributed by atoms with Crippen molar-refractivity contribution in [2.75, 3.05) is 18.4 Å². The number of nitrogens with one attached hydrogen (secondary N) is 1. The molecule has 102 valence electrons. The second kappa shape index (κ2) is 4.47. The van der Waals surface area contributed by atoms with Gasteiger partial charge < -0.3 is 10.2 Å². The van der Waals surface area contributed by atoms with Crippen LogP contribution in [0.1, 0.15) is 38.8 Å². The fourth-order valence-electron chi connectivity index (χ4n) is 2.30. The largest absolute Gasteiger partial charge is 0.359 e. The first-order valence-corrected chi connectivity index (χ1v) is 6.96. The van der Waals surface area contributed by atoms with Crippen molar-refractivity contribution >= 4 is 11.7 Å². The summed E-state index contributed by atoms with van der Waals surface area (Å²) in [5, 5.41) is 3.19. The number of anilines is 1. The number of nitrogens with zero attached hydrogens (tertiary/aromatic N) is 3. The summed E-state index contributed by atoms with van der Waals surface area (Å²) in [6, 6.07) is 1.75. The van der Waals surface area contributed by atoms with E-state index in [1.165, 1.54) is 12.8 Å². The van der Waals surface area contributed by atoms with E-state index in [9.17, 15) is 4.79 Å². The Morgan fingerprint density at radius 1 is 1.42 bits per heavy atom. The van der Waals surface area contributed by atoms with Crippen LogP contribution in [0.3, 0.4) is 0 Å². The van der Waals surface area contributed by atoms with Crippen LogP contribution >= 0.6 is 0 Å². The highest BCUT2D eigenvalue weighted by atomic mass is 16.2. The molecule has 5 heteroatoms. The molecule has 1 N–H and O–H groups in total. The fraction of sp³-hybridized carbons (Fsp3) is 0.643. The lowest BCUT2D eigenvalue weighted by atomic mass is 10.1. The summed E-state index contributed by atoms with van der Waals surface area (Å²) in [4.78, 5) is 22.5. The highest BCUT2D eigenvalue weighted by Gasteiger charge is 2.40. The summed E-state index contributed by atoms with van der Waals surface area (Å²) in [5.41, 5.74) is 1.30. The molecule has 0 aromatic carbocycles. The van der Waals surface area contributed by atoms with Crippen LogP contribution in [0.2, 0.25) is 0 Å². The molecule has 1 atom stereocenters. The van der Waals surface area contributed by atoms with Crippen LogP contribution in [0.5, 0.6) is 0 Å². The van der Waals surface area contributed by atoms with E-state index in [1.54, 1.807) is 6.33 Å². The van der Waals surface area contributed by atoms with Gasteiger partial charge >= 0.3 is 0 Å². The summed E-state index contributed by atoms with van der Waals surface area (Å²) >= 11 is 0. The van der Waals surface area contributed by atoms with E-state index in [0.717, 1.165) is 31.0 Å². The van der Waals surface area contributed by atoms with Crippen LogP contribution in [0.25, 0.3) is 0 Å². The van der Waals surface area contributed by atoms with Crippen molar-refractivity contribution in [1.82, 2.24) is 14.9 Å². The number of carbonyl (C=O) groups is 1. The van der Waals surface area contributed by atoms with Crippen LogP contribution in [0.15, 0.2) is 12.4 Å². The molecule has 19 heavy (non-hydrogen) atoms. The molecule has 1 aliphatic carbocycles. The van der Waals surface area contributed by atoms with Crippen LogP contribution in [0.4, 0.5) is 5.82 Å². The van der Waals surface area contributed by atoms with E-state index < -0.39 is 0 Å². The molecule has 2 heterocycles. The molecule has 1 aliphatic heterocycles. The molecular weight excluding hydrogens is 240 g/mol.